The third-order valence-electron chi connectivity index (χ3n) is 2.67. The molecule has 1 aliphatic carbocycles. The summed E-state index contributed by atoms with van der Waals surface area (Å²) in [6.45, 7) is 13.1. The second-order valence-electron chi connectivity index (χ2n) is 4.12. The molecule has 0 radical (unpaired) electrons. The number of benzene rings is 1. The second kappa shape index (κ2) is 10.1. The average molecular weight is 278 g/mol. The number of Topliss-reactive ketones (excluding diaryl/α,β-unsaturated/α-hetero) is 1. The van der Waals surface area contributed by atoms with Crippen LogP contribution in [0.25, 0.3) is 0 Å². The maximum atomic E-state index is 12.6. The van der Waals surface area contributed by atoms with Crippen LogP contribution < -0.4 is 0 Å². The Bertz CT molecular complexity index is 484. The summed E-state index contributed by atoms with van der Waals surface area (Å²) in [4.78, 5) is 10.4. The molecule has 0 bridgehead atoms. The fourth-order valence-corrected chi connectivity index (χ4v) is 1.49. The lowest BCUT2D eigenvalue weighted by Crippen LogP contribution is -2.10. The normalized spacial score (nSPS) is 11.8. The van der Waals surface area contributed by atoms with Crippen molar-refractivity contribution in [1.82, 2.24) is 0 Å². The Hall–Kier alpha value is -1.70. The summed E-state index contributed by atoms with van der Waals surface area (Å²) >= 11 is 0. The quantitative estimate of drug-likeness (QED) is 0.626. The molecule has 0 aromatic heterocycles. The molecule has 0 spiro atoms. The van der Waals surface area contributed by atoms with Crippen LogP contribution in [0, 0.1) is 12.7 Å². The molecule has 0 atom stereocenters. The first kappa shape index (κ1) is 20.6. The average Bonchev–Trinajstić information content (AvgIpc) is 2.45. The molecule has 1 nitrogen and oxygen atoms in total. The lowest BCUT2D eigenvalue weighted by atomic mass is 9.94. The lowest BCUT2D eigenvalue weighted by Gasteiger charge is -2.08. The maximum Gasteiger partial charge on any atom is 0.188 e. The van der Waals surface area contributed by atoms with Crippen LogP contribution in [0.3, 0.4) is 0 Å². The van der Waals surface area contributed by atoms with Gasteiger partial charge in [0.2, 0.25) is 0 Å². The van der Waals surface area contributed by atoms with Crippen LogP contribution in [0.1, 0.15) is 46.2 Å². The van der Waals surface area contributed by atoms with E-state index in [1.165, 1.54) is 11.6 Å². The molecule has 2 rings (SSSR count). The number of rotatable bonds is 1. The predicted molar refractivity (Wildman–Crippen MR) is 86.5 cm³/mol. The molecule has 1 aromatic carbocycles. The first-order valence-corrected chi connectivity index (χ1v) is 6.62. The summed E-state index contributed by atoms with van der Waals surface area (Å²) in [6.07, 6.45) is 2.75. The summed E-state index contributed by atoms with van der Waals surface area (Å²) in [5, 5.41) is 0. The standard InChI is InChI=1S/C9H11F.C6H6O.C2H6.CH4/c1-3-8-4-5-9(10)7(2)6-8;1-4-3-5(2)6(4)7;1-2;/h4-6H,3H2,1-2H3;3H,1H2,2H3;1-2H3;1H4. The van der Waals surface area contributed by atoms with Gasteiger partial charge in [-0.1, -0.05) is 46.9 Å². The van der Waals surface area contributed by atoms with Gasteiger partial charge in [0.05, 0.1) is 0 Å². The highest BCUT2D eigenvalue weighted by Gasteiger charge is 2.15. The van der Waals surface area contributed by atoms with Crippen LogP contribution in [0.2, 0.25) is 0 Å². The van der Waals surface area contributed by atoms with Crippen molar-refractivity contribution in [3.63, 3.8) is 0 Å². The van der Waals surface area contributed by atoms with Crippen molar-refractivity contribution in [3.8, 4) is 0 Å². The van der Waals surface area contributed by atoms with Crippen molar-refractivity contribution in [3.05, 3.63) is 58.9 Å². The molecule has 0 N–H and O–H groups in total. The van der Waals surface area contributed by atoms with Crippen LogP contribution in [-0.2, 0) is 11.2 Å². The third-order valence-corrected chi connectivity index (χ3v) is 2.67. The monoisotopic (exact) mass is 278 g/mol. The van der Waals surface area contributed by atoms with Gasteiger partial charge in [0, 0.05) is 5.57 Å². The molecule has 0 unspecified atom stereocenters. The van der Waals surface area contributed by atoms with E-state index in [0.29, 0.717) is 5.57 Å². The van der Waals surface area contributed by atoms with Gasteiger partial charge in [-0.3, -0.25) is 4.79 Å². The number of aryl methyl sites for hydroxylation is 2. The molecule has 0 aliphatic heterocycles. The van der Waals surface area contributed by atoms with Gasteiger partial charge in [-0.25, -0.2) is 4.39 Å². The van der Waals surface area contributed by atoms with Gasteiger partial charge in [0.15, 0.2) is 5.78 Å². The first-order valence-electron chi connectivity index (χ1n) is 6.62. The van der Waals surface area contributed by atoms with Crippen molar-refractivity contribution in [2.45, 2.75) is 48.5 Å². The number of carbonyl (C=O) groups excluding carboxylic acids is 1. The first-order chi connectivity index (χ1) is 8.95. The Kier molecular flexibility index (Phi) is 10.4. The molecule has 0 saturated carbocycles. The molecule has 0 saturated heterocycles. The third kappa shape index (κ3) is 5.96. The Labute approximate surface area is 123 Å². The van der Waals surface area contributed by atoms with Gasteiger partial charge in [0.25, 0.3) is 0 Å². The summed E-state index contributed by atoms with van der Waals surface area (Å²) in [5.41, 5.74) is 3.39. The minimum absolute atomic E-state index is 0. The molecule has 1 aliphatic rings. The Morgan fingerprint density at radius 1 is 1.20 bits per heavy atom. The number of allylic oxidation sites excluding steroid dienone is 3. The summed E-state index contributed by atoms with van der Waals surface area (Å²) < 4.78 is 12.6. The van der Waals surface area contributed by atoms with Crippen molar-refractivity contribution < 1.29 is 9.18 Å². The summed E-state index contributed by atoms with van der Waals surface area (Å²) in [7, 11) is 0. The molecule has 112 valence electrons. The zero-order valence-electron chi connectivity index (χ0n) is 12.5. The zero-order valence-corrected chi connectivity index (χ0v) is 12.5. The number of carbonyl (C=O) groups is 1. The Balaban J connectivity index is 0. The van der Waals surface area contributed by atoms with Crippen LogP contribution in [0.4, 0.5) is 4.39 Å². The maximum absolute atomic E-state index is 12.6. The molecule has 20 heavy (non-hydrogen) atoms. The second-order valence-corrected chi connectivity index (χ2v) is 4.12. The van der Waals surface area contributed by atoms with E-state index >= 15 is 0 Å². The van der Waals surface area contributed by atoms with E-state index in [0.717, 1.165) is 17.6 Å². The van der Waals surface area contributed by atoms with E-state index in [1.54, 1.807) is 19.9 Å². The molecule has 0 fully saturated rings. The van der Waals surface area contributed by atoms with E-state index < -0.39 is 0 Å². The minimum atomic E-state index is -0.114. The van der Waals surface area contributed by atoms with Gasteiger partial charge in [-0.05, 0) is 49.1 Å². The van der Waals surface area contributed by atoms with Gasteiger partial charge in [0.1, 0.15) is 5.82 Å². The number of hydrogen-bond acceptors (Lipinski definition) is 1. The zero-order chi connectivity index (χ0) is 15.0. The van der Waals surface area contributed by atoms with Gasteiger partial charge in [-0.15, -0.1) is 0 Å². The number of hydrogen-bond donors (Lipinski definition) is 0. The summed E-state index contributed by atoms with van der Waals surface area (Å²) in [5.74, 6) is -0.00259. The van der Waals surface area contributed by atoms with Gasteiger partial charge >= 0.3 is 0 Å². The highest BCUT2D eigenvalue weighted by atomic mass is 19.1. The molecular formula is C18H27FO. The molecular weight excluding hydrogens is 251 g/mol. The van der Waals surface area contributed by atoms with E-state index in [2.05, 4.69) is 13.5 Å². The van der Waals surface area contributed by atoms with Crippen molar-refractivity contribution in [2.75, 3.05) is 0 Å². The minimum Gasteiger partial charge on any atom is -0.289 e. The number of halogens is 1. The van der Waals surface area contributed by atoms with Gasteiger partial charge in [-0.2, -0.15) is 0 Å². The smallest absolute Gasteiger partial charge is 0.188 e. The van der Waals surface area contributed by atoms with Crippen molar-refractivity contribution in [1.29, 1.82) is 0 Å². The highest BCUT2D eigenvalue weighted by molar-refractivity contribution is 6.16. The van der Waals surface area contributed by atoms with E-state index in [9.17, 15) is 9.18 Å². The number of ketones is 1. The van der Waals surface area contributed by atoms with Crippen molar-refractivity contribution in [2.24, 2.45) is 0 Å². The predicted octanol–water partition coefficient (Wildman–Crippen LogP) is 5.43. The van der Waals surface area contributed by atoms with E-state index in [-0.39, 0.29) is 19.0 Å². The fraction of sp³-hybridized carbons (Fsp3) is 0.389. The van der Waals surface area contributed by atoms with Crippen LogP contribution in [0.5, 0.6) is 0 Å². The highest BCUT2D eigenvalue weighted by Crippen LogP contribution is 2.16. The molecule has 0 amide bonds. The topological polar surface area (TPSA) is 17.1 Å². The molecule has 2 heteroatoms. The molecule has 1 aromatic rings. The van der Waals surface area contributed by atoms with Crippen LogP contribution in [0.15, 0.2) is 42.0 Å². The van der Waals surface area contributed by atoms with Crippen LogP contribution in [-0.4, -0.2) is 5.78 Å². The SMILES string of the molecule is C.C=C1C=C(C)C1=O.CC.CCc1ccc(F)c(C)c1. The largest absolute Gasteiger partial charge is 0.289 e. The summed E-state index contributed by atoms with van der Waals surface area (Å²) in [6, 6.07) is 5.23. The fourth-order valence-electron chi connectivity index (χ4n) is 1.49. The Morgan fingerprint density at radius 2 is 1.75 bits per heavy atom. The van der Waals surface area contributed by atoms with Crippen LogP contribution >= 0.6 is 0 Å². The van der Waals surface area contributed by atoms with Gasteiger partial charge < -0.3 is 0 Å². The van der Waals surface area contributed by atoms with E-state index in [1.807, 2.05) is 26.0 Å². The van der Waals surface area contributed by atoms with E-state index in [4.69, 9.17) is 0 Å². The Morgan fingerprint density at radius 3 is 2.00 bits per heavy atom. The molecule has 0 heterocycles. The van der Waals surface area contributed by atoms with Crippen molar-refractivity contribution >= 4 is 5.78 Å². The lowest BCUT2D eigenvalue weighted by molar-refractivity contribution is -0.112.